The lowest BCUT2D eigenvalue weighted by Gasteiger charge is -2.54. The van der Waals surface area contributed by atoms with Gasteiger partial charge in [-0.05, 0) is 12.8 Å². The van der Waals surface area contributed by atoms with Gasteiger partial charge in [0, 0.05) is 44.2 Å². The number of nitrogens with zero attached hydrogens (tertiary/aromatic N) is 4. The van der Waals surface area contributed by atoms with Crippen LogP contribution >= 0.6 is 0 Å². The summed E-state index contributed by atoms with van der Waals surface area (Å²) in [6.45, 7) is 7.90. The van der Waals surface area contributed by atoms with Crippen LogP contribution in [-0.4, -0.2) is 32.5 Å². The zero-order valence-electron chi connectivity index (χ0n) is 35.0. The topological polar surface area (TPSA) is 85.7 Å². The van der Waals surface area contributed by atoms with Crippen LogP contribution in [-0.2, 0) is 15.0 Å². The fraction of sp³-hybridized carbons (Fsp3) is 0.164. The van der Waals surface area contributed by atoms with Crippen LogP contribution in [0.2, 0.25) is 0 Å². The van der Waals surface area contributed by atoms with Gasteiger partial charge >= 0.3 is 0 Å². The third-order valence-electron chi connectivity index (χ3n) is 12.5. The Morgan fingerprint density at radius 3 is 0.770 bits per heavy atom. The molecule has 0 aliphatic carbocycles. The highest BCUT2D eigenvalue weighted by Gasteiger charge is 2.64. The normalized spacial score (nSPS) is 13.4. The molecule has 0 fully saturated rings. The van der Waals surface area contributed by atoms with Crippen LogP contribution in [0.5, 0.6) is 0 Å². The first kappa shape index (κ1) is 40.6. The Balaban J connectivity index is 1.67. The molecule has 0 saturated heterocycles. The van der Waals surface area contributed by atoms with E-state index in [1.165, 1.54) is 0 Å². The van der Waals surface area contributed by atoms with Crippen molar-refractivity contribution < 1.29 is 9.59 Å². The molecule has 0 aliphatic heterocycles. The van der Waals surface area contributed by atoms with Crippen LogP contribution in [0, 0.1) is 10.8 Å². The summed E-state index contributed by atoms with van der Waals surface area (Å²) < 4.78 is 0. The second-order valence-electron chi connectivity index (χ2n) is 16.0. The standard InChI is InChI=1S/C55H48N4O2/c1-5-53(3,37-60)55(54(4,6-2)38-61,51-49(43-33-21-11-22-34-43)56-45(39-25-13-7-14-26-39)47(58-51)41-29-17-9-18-30-41)52-50(44-35-23-12-24-36-44)57-46(40-27-15-8-16-28-40)48(59-52)42-31-19-10-20-32-42/h7-38H,5-6H2,1-4H3. The van der Waals surface area contributed by atoms with Gasteiger partial charge in [-0.25, -0.2) is 19.9 Å². The largest absolute Gasteiger partial charge is 0.303 e. The molecule has 2 heterocycles. The Labute approximate surface area is 358 Å². The maximum absolute atomic E-state index is 14.5. The fourth-order valence-corrected chi connectivity index (χ4v) is 8.90. The second-order valence-corrected chi connectivity index (χ2v) is 16.0. The van der Waals surface area contributed by atoms with Crippen molar-refractivity contribution in [3.8, 4) is 67.5 Å². The fourth-order valence-electron chi connectivity index (χ4n) is 8.90. The van der Waals surface area contributed by atoms with Crippen molar-refractivity contribution in [3.63, 3.8) is 0 Å². The lowest BCUT2D eigenvalue weighted by molar-refractivity contribution is -0.129. The minimum absolute atomic E-state index is 0.341. The predicted octanol–water partition coefficient (Wildman–Crippen LogP) is 12.8. The lowest BCUT2D eigenvalue weighted by atomic mass is 9.47. The molecule has 8 rings (SSSR count). The minimum atomic E-state index is -1.58. The molecule has 6 nitrogen and oxygen atoms in total. The first-order valence-corrected chi connectivity index (χ1v) is 20.9. The summed E-state index contributed by atoms with van der Waals surface area (Å²) in [5, 5.41) is 0. The van der Waals surface area contributed by atoms with E-state index in [9.17, 15) is 9.59 Å². The van der Waals surface area contributed by atoms with Gasteiger partial charge in [0.05, 0.1) is 51.0 Å². The molecule has 0 bridgehead atoms. The van der Waals surface area contributed by atoms with Crippen LogP contribution < -0.4 is 0 Å². The van der Waals surface area contributed by atoms with Gasteiger partial charge in [0.2, 0.25) is 0 Å². The monoisotopic (exact) mass is 796 g/mol. The van der Waals surface area contributed by atoms with Crippen LogP contribution in [0.25, 0.3) is 67.5 Å². The molecule has 0 saturated carbocycles. The molecule has 2 atom stereocenters. The third-order valence-corrected chi connectivity index (χ3v) is 12.5. The predicted molar refractivity (Wildman–Crippen MR) is 246 cm³/mol. The van der Waals surface area contributed by atoms with E-state index < -0.39 is 16.2 Å². The molecule has 2 aromatic heterocycles. The number of carbonyl (C=O) groups excluding carboxylic acids is 2. The number of hydrogen-bond acceptors (Lipinski definition) is 6. The smallest absolute Gasteiger partial charge is 0.127 e. The Bertz CT molecular complexity index is 2570. The van der Waals surface area contributed by atoms with E-state index in [0.717, 1.165) is 46.0 Å². The van der Waals surface area contributed by atoms with Crippen molar-refractivity contribution in [3.05, 3.63) is 193 Å². The van der Waals surface area contributed by atoms with E-state index in [2.05, 4.69) is 0 Å². The number of carbonyl (C=O) groups is 2. The van der Waals surface area contributed by atoms with Crippen molar-refractivity contribution in [2.45, 2.75) is 46.0 Å². The highest BCUT2D eigenvalue weighted by molar-refractivity contribution is 5.87. The van der Waals surface area contributed by atoms with E-state index in [1.807, 2.05) is 210 Å². The van der Waals surface area contributed by atoms with E-state index in [4.69, 9.17) is 19.9 Å². The molecule has 300 valence electrons. The number of rotatable bonds is 14. The maximum atomic E-state index is 14.5. The number of aromatic nitrogens is 4. The Morgan fingerprint density at radius 2 is 0.557 bits per heavy atom. The summed E-state index contributed by atoms with van der Waals surface area (Å²) in [5.41, 5.74) is 5.49. The molecule has 6 aromatic carbocycles. The van der Waals surface area contributed by atoms with Crippen molar-refractivity contribution in [1.82, 2.24) is 19.9 Å². The molecule has 0 aliphatic rings. The van der Waals surface area contributed by atoms with Crippen molar-refractivity contribution >= 4 is 12.6 Å². The molecule has 8 aromatic rings. The summed E-state index contributed by atoms with van der Waals surface area (Å²) in [5.74, 6) is 0. The van der Waals surface area contributed by atoms with Gasteiger partial charge in [0.15, 0.2) is 0 Å². The third kappa shape index (κ3) is 7.08. The van der Waals surface area contributed by atoms with Crippen LogP contribution in [0.3, 0.4) is 0 Å². The number of aldehydes is 2. The van der Waals surface area contributed by atoms with E-state index >= 15 is 0 Å². The average Bonchev–Trinajstić information content (AvgIpc) is 3.35. The second kappa shape index (κ2) is 17.2. The number of benzene rings is 6. The van der Waals surface area contributed by atoms with Crippen molar-refractivity contribution in [1.29, 1.82) is 0 Å². The van der Waals surface area contributed by atoms with Crippen molar-refractivity contribution in [2.24, 2.45) is 10.8 Å². The highest BCUT2D eigenvalue weighted by Crippen LogP contribution is 2.62. The van der Waals surface area contributed by atoms with Crippen LogP contribution in [0.15, 0.2) is 182 Å². The maximum Gasteiger partial charge on any atom is 0.127 e. The molecular weight excluding hydrogens is 749 g/mol. The molecule has 0 radical (unpaired) electrons. The Kier molecular flexibility index (Phi) is 11.4. The van der Waals surface area contributed by atoms with Gasteiger partial charge in [-0.15, -0.1) is 0 Å². The van der Waals surface area contributed by atoms with Crippen molar-refractivity contribution in [2.75, 3.05) is 0 Å². The molecule has 0 amide bonds. The Hall–Kier alpha value is -7.18. The van der Waals surface area contributed by atoms with Gasteiger partial charge in [-0.1, -0.05) is 210 Å². The van der Waals surface area contributed by atoms with Gasteiger partial charge in [0.1, 0.15) is 12.6 Å². The molecule has 6 heteroatoms. The highest BCUT2D eigenvalue weighted by atomic mass is 16.1. The molecule has 0 N–H and O–H groups in total. The van der Waals surface area contributed by atoms with Gasteiger partial charge < -0.3 is 9.59 Å². The van der Waals surface area contributed by atoms with Gasteiger partial charge in [-0.3, -0.25) is 0 Å². The number of hydrogen-bond donors (Lipinski definition) is 0. The zero-order valence-corrected chi connectivity index (χ0v) is 35.0. The minimum Gasteiger partial charge on any atom is -0.303 e. The molecule has 61 heavy (non-hydrogen) atoms. The molecule has 2 unspecified atom stereocenters. The summed E-state index contributed by atoms with van der Waals surface area (Å²) in [7, 11) is 0. The quantitative estimate of drug-likeness (QED) is 0.102. The zero-order chi connectivity index (χ0) is 42.5. The van der Waals surface area contributed by atoms with E-state index in [1.54, 1.807) is 0 Å². The van der Waals surface area contributed by atoms with Gasteiger partial charge in [-0.2, -0.15) is 0 Å². The van der Waals surface area contributed by atoms with E-state index in [0.29, 0.717) is 58.4 Å². The Morgan fingerprint density at radius 1 is 0.344 bits per heavy atom. The summed E-state index contributed by atoms with van der Waals surface area (Å²) in [6, 6.07) is 60.0. The SMILES string of the molecule is CCC(C)(C=O)C(c1nc(-c2ccccc2)c(-c2ccccc2)nc1-c1ccccc1)(c1nc(-c2ccccc2)c(-c2ccccc2)nc1-c1ccccc1)C(C)(C=O)CC. The van der Waals surface area contributed by atoms with E-state index in [-0.39, 0.29) is 0 Å². The molecule has 0 spiro atoms. The summed E-state index contributed by atoms with van der Waals surface area (Å²) in [4.78, 5) is 52.0. The first-order valence-electron chi connectivity index (χ1n) is 20.9. The summed E-state index contributed by atoms with van der Waals surface area (Å²) >= 11 is 0. The van der Waals surface area contributed by atoms with Crippen LogP contribution in [0.4, 0.5) is 0 Å². The average molecular weight is 797 g/mol. The van der Waals surface area contributed by atoms with Crippen LogP contribution in [0.1, 0.15) is 51.9 Å². The summed E-state index contributed by atoms with van der Waals surface area (Å²) in [6.07, 6.45) is 2.71. The molecular formula is C55H48N4O2. The van der Waals surface area contributed by atoms with Gasteiger partial charge in [0.25, 0.3) is 0 Å². The lowest BCUT2D eigenvalue weighted by Crippen LogP contribution is -2.59. The first-order chi connectivity index (χ1) is 29.8.